The van der Waals surface area contributed by atoms with E-state index in [4.69, 9.17) is 0 Å². The molecule has 0 aromatic carbocycles. The summed E-state index contributed by atoms with van der Waals surface area (Å²) in [5.74, 6) is 0. The first kappa shape index (κ1) is 14.7. The third-order valence-electron chi connectivity index (χ3n) is 2.08. The second-order valence-electron chi connectivity index (χ2n) is 5.66. The summed E-state index contributed by atoms with van der Waals surface area (Å²) >= 11 is 1.95. The molecule has 0 atom stereocenters. The van der Waals surface area contributed by atoms with Crippen LogP contribution in [0.5, 0.6) is 0 Å². The van der Waals surface area contributed by atoms with Gasteiger partial charge in [0.05, 0.1) is 0 Å². The number of rotatable bonds is 0. The fourth-order valence-electron chi connectivity index (χ4n) is 1.14. The van der Waals surface area contributed by atoms with Crippen molar-refractivity contribution in [3.8, 4) is 0 Å². The standard InChI is InChI=1S/C12H20S.C2H6/c1-11(2,3)9-7-8-10(13-9)12(4,5)6;1-2/h7-8H,1-6H3;1-2H3. The number of hydrogen-bond donors (Lipinski definition) is 0. The third-order valence-corrected chi connectivity index (χ3v) is 4.02. The van der Waals surface area contributed by atoms with Gasteiger partial charge in [0, 0.05) is 9.75 Å². The van der Waals surface area contributed by atoms with E-state index >= 15 is 0 Å². The largest absolute Gasteiger partial charge is 0.144 e. The maximum Gasteiger partial charge on any atom is 0.0102 e. The number of thiophene rings is 1. The molecule has 1 aromatic rings. The Hall–Kier alpha value is -0.300. The van der Waals surface area contributed by atoms with E-state index in [2.05, 4.69) is 53.7 Å². The van der Waals surface area contributed by atoms with Crippen LogP contribution in [-0.2, 0) is 10.8 Å². The lowest BCUT2D eigenvalue weighted by atomic mass is 9.93. The van der Waals surface area contributed by atoms with E-state index in [-0.39, 0.29) is 0 Å². The Morgan fingerprint density at radius 1 is 0.733 bits per heavy atom. The lowest BCUT2D eigenvalue weighted by Gasteiger charge is -2.18. The van der Waals surface area contributed by atoms with Crippen LogP contribution >= 0.6 is 11.3 Å². The molecule has 0 aliphatic carbocycles. The zero-order chi connectivity index (χ0) is 12.3. The zero-order valence-corrected chi connectivity index (χ0v) is 12.4. The summed E-state index contributed by atoms with van der Waals surface area (Å²) in [5, 5.41) is 0. The smallest absolute Gasteiger partial charge is 0.0102 e. The molecule has 0 nitrogen and oxygen atoms in total. The molecule has 1 aromatic heterocycles. The molecule has 0 saturated heterocycles. The van der Waals surface area contributed by atoms with E-state index in [0.717, 1.165) is 0 Å². The van der Waals surface area contributed by atoms with E-state index in [0.29, 0.717) is 10.8 Å². The maximum atomic E-state index is 2.27. The van der Waals surface area contributed by atoms with Crippen LogP contribution in [0.1, 0.15) is 65.1 Å². The highest BCUT2D eigenvalue weighted by atomic mass is 32.1. The molecular formula is C14H26S. The van der Waals surface area contributed by atoms with E-state index in [1.165, 1.54) is 9.75 Å². The van der Waals surface area contributed by atoms with Gasteiger partial charge in [0.15, 0.2) is 0 Å². The quantitative estimate of drug-likeness (QED) is 0.558. The topological polar surface area (TPSA) is 0 Å². The van der Waals surface area contributed by atoms with Crippen molar-refractivity contribution in [2.24, 2.45) is 0 Å². The predicted molar refractivity (Wildman–Crippen MR) is 73.1 cm³/mol. The minimum Gasteiger partial charge on any atom is -0.144 e. The molecule has 0 fully saturated rings. The molecule has 0 bridgehead atoms. The van der Waals surface area contributed by atoms with Crippen molar-refractivity contribution in [1.29, 1.82) is 0 Å². The Morgan fingerprint density at radius 2 is 1.00 bits per heavy atom. The molecule has 1 heteroatoms. The lowest BCUT2D eigenvalue weighted by Crippen LogP contribution is -2.09. The normalized spacial score (nSPS) is 12.0. The van der Waals surface area contributed by atoms with Gasteiger partial charge in [-0.3, -0.25) is 0 Å². The van der Waals surface area contributed by atoms with Gasteiger partial charge in [0.25, 0.3) is 0 Å². The van der Waals surface area contributed by atoms with Crippen molar-refractivity contribution >= 4 is 11.3 Å². The average molecular weight is 226 g/mol. The van der Waals surface area contributed by atoms with Crippen LogP contribution < -0.4 is 0 Å². The lowest BCUT2D eigenvalue weighted by molar-refractivity contribution is 0.602. The van der Waals surface area contributed by atoms with E-state index in [9.17, 15) is 0 Å². The minimum absolute atomic E-state index is 0.300. The Kier molecular flexibility index (Phi) is 5.05. The van der Waals surface area contributed by atoms with Gasteiger partial charge in [-0.15, -0.1) is 11.3 Å². The fraction of sp³-hybridized carbons (Fsp3) is 0.714. The van der Waals surface area contributed by atoms with Crippen LogP contribution in [0.2, 0.25) is 0 Å². The van der Waals surface area contributed by atoms with Gasteiger partial charge in [-0.2, -0.15) is 0 Å². The molecule has 0 unspecified atom stereocenters. The van der Waals surface area contributed by atoms with Crippen molar-refractivity contribution in [1.82, 2.24) is 0 Å². The van der Waals surface area contributed by atoms with Crippen molar-refractivity contribution in [2.75, 3.05) is 0 Å². The Balaban J connectivity index is 0.000000921. The van der Waals surface area contributed by atoms with Gasteiger partial charge in [-0.25, -0.2) is 0 Å². The van der Waals surface area contributed by atoms with Gasteiger partial charge < -0.3 is 0 Å². The Morgan fingerprint density at radius 3 is 1.13 bits per heavy atom. The first-order valence-corrected chi connectivity index (χ1v) is 6.64. The first-order valence-electron chi connectivity index (χ1n) is 5.82. The molecule has 15 heavy (non-hydrogen) atoms. The molecule has 0 aliphatic heterocycles. The van der Waals surface area contributed by atoms with E-state index in [1.54, 1.807) is 0 Å². The Labute approximate surface area is 99.7 Å². The highest BCUT2D eigenvalue weighted by Crippen LogP contribution is 2.35. The van der Waals surface area contributed by atoms with Crippen LogP contribution in [-0.4, -0.2) is 0 Å². The van der Waals surface area contributed by atoms with Crippen molar-refractivity contribution in [3.63, 3.8) is 0 Å². The third kappa shape index (κ3) is 4.38. The van der Waals surface area contributed by atoms with Gasteiger partial charge >= 0.3 is 0 Å². The summed E-state index contributed by atoms with van der Waals surface area (Å²) in [6.07, 6.45) is 0. The summed E-state index contributed by atoms with van der Waals surface area (Å²) in [6, 6.07) is 4.54. The SMILES string of the molecule is CC.CC(C)(C)c1ccc(C(C)(C)C)s1. The van der Waals surface area contributed by atoms with E-state index in [1.807, 2.05) is 25.2 Å². The second-order valence-corrected chi connectivity index (χ2v) is 6.75. The molecule has 0 N–H and O–H groups in total. The molecule has 0 spiro atoms. The van der Waals surface area contributed by atoms with Crippen molar-refractivity contribution in [2.45, 2.75) is 66.2 Å². The van der Waals surface area contributed by atoms with E-state index < -0.39 is 0 Å². The van der Waals surface area contributed by atoms with Crippen LogP contribution in [0.4, 0.5) is 0 Å². The zero-order valence-electron chi connectivity index (χ0n) is 11.6. The highest BCUT2D eigenvalue weighted by molar-refractivity contribution is 7.12. The highest BCUT2D eigenvalue weighted by Gasteiger charge is 2.21. The molecule has 0 amide bonds. The summed E-state index contributed by atoms with van der Waals surface area (Å²) in [4.78, 5) is 2.97. The molecule has 1 heterocycles. The first-order chi connectivity index (χ1) is 6.71. The molecule has 0 saturated carbocycles. The molecular weight excluding hydrogens is 200 g/mol. The Bertz CT molecular complexity index is 253. The van der Waals surface area contributed by atoms with Crippen molar-refractivity contribution in [3.05, 3.63) is 21.9 Å². The fourth-order valence-corrected chi connectivity index (χ4v) is 2.27. The molecule has 0 aliphatic rings. The minimum atomic E-state index is 0.300. The maximum absolute atomic E-state index is 2.27. The average Bonchev–Trinajstić information content (AvgIpc) is 2.53. The van der Waals surface area contributed by atoms with Gasteiger partial charge in [0.1, 0.15) is 0 Å². The van der Waals surface area contributed by atoms with Crippen LogP contribution in [0.15, 0.2) is 12.1 Å². The van der Waals surface area contributed by atoms with Crippen LogP contribution in [0.25, 0.3) is 0 Å². The van der Waals surface area contributed by atoms with Gasteiger partial charge in [-0.05, 0) is 23.0 Å². The summed E-state index contributed by atoms with van der Waals surface area (Å²) in [5.41, 5.74) is 0.600. The second kappa shape index (κ2) is 5.16. The van der Waals surface area contributed by atoms with Crippen molar-refractivity contribution < 1.29 is 0 Å². The van der Waals surface area contributed by atoms with Crippen LogP contribution in [0.3, 0.4) is 0 Å². The molecule has 1 rings (SSSR count). The van der Waals surface area contributed by atoms with Gasteiger partial charge in [0.2, 0.25) is 0 Å². The van der Waals surface area contributed by atoms with Crippen LogP contribution in [0, 0.1) is 0 Å². The molecule has 88 valence electrons. The summed E-state index contributed by atoms with van der Waals surface area (Å²) < 4.78 is 0. The monoisotopic (exact) mass is 226 g/mol. The summed E-state index contributed by atoms with van der Waals surface area (Å²) in [6.45, 7) is 17.6. The van der Waals surface area contributed by atoms with Gasteiger partial charge in [-0.1, -0.05) is 55.4 Å². The summed E-state index contributed by atoms with van der Waals surface area (Å²) in [7, 11) is 0. The predicted octanol–water partition coefficient (Wildman–Crippen LogP) is 5.37. The molecule has 0 radical (unpaired) electrons. The number of hydrogen-bond acceptors (Lipinski definition) is 1.